The molecule has 0 unspecified atom stereocenters. The molecule has 0 saturated carbocycles. The molecule has 10 heteroatoms. The fraction of sp³-hybridized carbons (Fsp3) is 0.133. The molecule has 5 aromatic rings. The van der Waals surface area contributed by atoms with E-state index in [0.29, 0.717) is 51.5 Å². The Morgan fingerprint density at radius 1 is 1.00 bits per heavy atom. The van der Waals surface area contributed by atoms with Gasteiger partial charge in [0.2, 0.25) is 0 Å². The second-order valence-electron chi connectivity index (χ2n) is 9.36. The van der Waals surface area contributed by atoms with Gasteiger partial charge in [-0.2, -0.15) is 9.78 Å². The smallest absolute Gasteiger partial charge is 0.284 e. The lowest BCUT2D eigenvalue weighted by Crippen LogP contribution is -2.32. The van der Waals surface area contributed by atoms with Crippen LogP contribution in [0.1, 0.15) is 16.1 Å². The van der Waals surface area contributed by atoms with Crippen LogP contribution in [0.5, 0.6) is 17.2 Å². The summed E-state index contributed by atoms with van der Waals surface area (Å²) < 4.78 is 27.6. The number of nitrogens with two attached hydrogens (primary N) is 1. The molecule has 0 fully saturated rings. The van der Waals surface area contributed by atoms with Gasteiger partial charge in [-0.3, -0.25) is 14.6 Å². The first kappa shape index (κ1) is 26.5. The molecule has 2 heterocycles. The summed E-state index contributed by atoms with van der Waals surface area (Å²) in [4.78, 5) is 31.1. The summed E-state index contributed by atoms with van der Waals surface area (Å²) in [5, 5.41) is 5.13. The van der Waals surface area contributed by atoms with Gasteiger partial charge in [-0.25, -0.2) is 4.39 Å². The maximum Gasteiger partial charge on any atom is 0.284 e. The van der Waals surface area contributed by atoms with Gasteiger partial charge in [0, 0.05) is 24.2 Å². The monoisotopic (exact) mass is 539 g/mol. The van der Waals surface area contributed by atoms with Crippen molar-refractivity contribution in [3.8, 4) is 34.1 Å². The predicted molar refractivity (Wildman–Crippen MR) is 150 cm³/mol. The molecule has 0 aliphatic heterocycles. The summed E-state index contributed by atoms with van der Waals surface area (Å²) in [6.07, 6.45) is 1.59. The van der Waals surface area contributed by atoms with Gasteiger partial charge >= 0.3 is 0 Å². The number of primary amides is 1. The van der Waals surface area contributed by atoms with Crippen molar-refractivity contribution in [3.63, 3.8) is 0 Å². The van der Waals surface area contributed by atoms with E-state index in [1.807, 2.05) is 19.0 Å². The molecule has 0 aliphatic rings. The van der Waals surface area contributed by atoms with E-state index in [0.717, 1.165) is 4.68 Å². The highest BCUT2D eigenvalue weighted by Gasteiger charge is 2.16. The van der Waals surface area contributed by atoms with Crippen molar-refractivity contribution in [2.75, 3.05) is 21.2 Å². The van der Waals surface area contributed by atoms with Gasteiger partial charge in [0.1, 0.15) is 17.1 Å². The summed E-state index contributed by atoms with van der Waals surface area (Å²) in [6.45, 7) is 0.396. The fourth-order valence-electron chi connectivity index (χ4n) is 4.31. The molecular weight excluding hydrogens is 513 g/mol. The maximum atomic E-state index is 15.3. The number of carbonyl (C=O) groups is 1. The lowest BCUT2D eigenvalue weighted by atomic mass is 10.0. The summed E-state index contributed by atoms with van der Waals surface area (Å²) in [6, 6.07) is 19.9. The Kier molecular flexibility index (Phi) is 7.26. The highest BCUT2D eigenvalue weighted by molar-refractivity contribution is 5.92. The van der Waals surface area contributed by atoms with Crippen molar-refractivity contribution in [2.45, 2.75) is 6.54 Å². The zero-order valence-corrected chi connectivity index (χ0v) is 22.1. The van der Waals surface area contributed by atoms with Crippen molar-refractivity contribution < 1.29 is 18.7 Å². The van der Waals surface area contributed by atoms with Crippen LogP contribution in [0.3, 0.4) is 0 Å². The molecule has 2 aromatic heterocycles. The number of rotatable bonds is 8. The van der Waals surface area contributed by atoms with Gasteiger partial charge in [-0.05, 0) is 73.8 Å². The van der Waals surface area contributed by atoms with Gasteiger partial charge in [-0.1, -0.05) is 18.2 Å². The minimum absolute atomic E-state index is 0.0450. The fourth-order valence-corrected chi connectivity index (χ4v) is 4.31. The van der Waals surface area contributed by atoms with Crippen molar-refractivity contribution in [1.29, 1.82) is 0 Å². The topological polar surface area (TPSA) is 113 Å². The normalized spacial score (nSPS) is 11.1. The summed E-state index contributed by atoms with van der Waals surface area (Å²) in [5.41, 5.74) is 7.42. The van der Waals surface area contributed by atoms with E-state index in [9.17, 15) is 9.59 Å². The Bertz CT molecular complexity index is 1800. The van der Waals surface area contributed by atoms with Crippen LogP contribution in [0.25, 0.3) is 27.7 Å². The van der Waals surface area contributed by atoms with E-state index in [-0.39, 0.29) is 11.3 Å². The van der Waals surface area contributed by atoms with Gasteiger partial charge in [0.25, 0.3) is 11.5 Å². The largest absolute Gasteiger partial charge is 0.497 e. The number of amides is 1. The SMILES string of the molecule is COc1ccc2c(Oc3ccc(-c4cccc(-n5nc(CN(C)C)cc(C(N)=O)c5=O)c4)cc3F)ccnc2c1. The van der Waals surface area contributed by atoms with E-state index in [4.69, 9.17) is 15.2 Å². The third kappa shape index (κ3) is 5.38. The van der Waals surface area contributed by atoms with Crippen LogP contribution < -0.4 is 20.8 Å². The highest BCUT2D eigenvalue weighted by Crippen LogP contribution is 2.34. The molecule has 9 nitrogen and oxygen atoms in total. The van der Waals surface area contributed by atoms with Crippen molar-refractivity contribution >= 4 is 16.8 Å². The number of pyridine rings is 1. The molecule has 0 atom stereocenters. The van der Waals surface area contributed by atoms with Crippen LogP contribution in [0.15, 0.2) is 83.8 Å². The van der Waals surface area contributed by atoms with Crippen LogP contribution in [-0.4, -0.2) is 46.8 Å². The van der Waals surface area contributed by atoms with Crippen molar-refractivity contribution in [1.82, 2.24) is 19.7 Å². The lowest BCUT2D eigenvalue weighted by Gasteiger charge is -2.14. The number of aromatic nitrogens is 3. The number of hydrogen-bond acceptors (Lipinski definition) is 7. The number of benzene rings is 3. The highest BCUT2D eigenvalue weighted by atomic mass is 19.1. The first-order valence-electron chi connectivity index (χ1n) is 12.3. The van der Waals surface area contributed by atoms with E-state index >= 15 is 4.39 Å². The van der Waals surface area contributed by atoms with Gasteiger partial charge in [0.15, 0.2) is 11.6 Å². The van der Waals surface area contributed by atoms with Crippen molar-refractivity contribution in [2.24, 2.45) is 5.73 Å². The quantitative estimate of drug-likeness (QED) is 0.308. The van der Waals surface area contributed by atoms with Crippen LogP contribution in [0.2, 0.25) is 0 Å². The molecule has 0 aliphatic carbocycles. The van der Waals surface area contributed by atoms with Gasteiger partial charge in [-0.15, -0.1) is 0 Å². The molecule has 202 valence electrons. The predicted octanol–water partition coefficient (Wildman–Crippen LogP) is 4.55. The number of nitrogens with zero attached hydrogens (tertiary/aromatic N) is 4. The zero-order chi connectivity index (χ0) is 28.4. The molecule has 2 N–H and O–H groups in total. The number of methoxy groups -OCH3 is 1. The molecule has 5 rings (SSSR count). The maximum absolute atomic E-state index is 15.3. The second kappa shape index (κ2) is 11.0. The van der Waals surface area contributed by atoms with E-state index in [1.165, 1.54) is 12.1 Å². The van der Waals surface area contributed by atoms with Crippen LogP contribution >= 0.6 is 0 Å². The minimum Gasteiger partial charge on any atom is -0.497 e. The number of ether oxygens (including phenoxy) is 2. The third-order valence-corrected chi connectivity index (χ3v) is 6.19. The van der Waals surface area contributed by atoms with Gasteiger partial charge in [0.05, 0.1) is 24.0 Å². The molecule has 0 spiro atoms. The van der Waals surface area contributed by atoms with Gasteiger partial charge < -0.3 is 20.1 Å². The Labute approximate surface area is 229 Å². The van der Waals surface area contributed by atoms with E-state index < -0.39 is 17.3 Å². The van der Waals surface area contributed by atoms with E-state index in [1.54, 1.807) is 74.0 Å². The lowest BCUT2D eigenvalue weighted by molar-refractivity contribution is 0.0998. The summed E-state index contributed by atoms with van der Waals surface area (Å²) >= 11 is 0. The van der Waals surface area contributed by atoms with Crippen LogP contribution in [0.4, 0.5) is 4.39 Å². The third-order valence-electron chi connectivity index (χ3n) is 6.19. The second-order valence-corrected chi connectivity index (χ2v) is 9.36. The average molecular weight is 540 g/mol. The number of halogens is 1. The first-order chi connectivity index (χ1) is 19.2. The molecule has 0 radical (unpaired) electrons. The first-order valence-corrected chi connectivity index (χ1v) is 12.3. The number of fused-ring (bicyclic) bond motifs is 1. The number of hydrogen-bond donors (Lipinski definition) is 1. The molecular formula is C30H26FN5O4. The standard InChI is InChI=1S/C30H26FN5O4/c1-35(2)17-20-15-24(29(32)37)30(38)36(34-20)21-6-4-5-18(13-21)19-7-10-28(25(31)14-19)40-27-11-12-33-26-16-22(39-3)8-9-23(26)27/h4-16H,17H2,1-3H3,(H2,32,37). The molecule has 3 aromatic carbocycles. The Morgan fingerprint density at radius 2 is 1.80 bits per heavy atom. The Hall–Kier alpha value is -5.09. The zero-order valence-electron chi connectivity index (χ0n) is 22.1. The van der Waals surface area contributed by atoms with Crippen LogP contribution in [-0.2, 0) is 6.54 Å². The van der Waals surface area contributed by atoms with Crippen LogP contribution in [0, 0.1) is 5.82 Å². The summed E-state index contributed by atoms with van der Waals surface area (Å²) in [7, 11) is 5.26. The van der Waals surface area contributed by atoms with Crippen molar-refractivity contribution in [3.05, 3.63) is 106 Å². The average Bonchev–Trinajstić information content (AvgIpc) is 2.94. The Balaban J connectivity index is 1.48. The molecule has 40 heavy (non-hydrogen) atoms. The molecule has 0 saturated heterocycles. The molecule has 1 amide bonds. The van der Waals surface area contributed by atoms with E-state index in [2.05, 4.69) is 10.1 Å². The Morgan fingerprint density at radius 3 is 2.52 bits per heavy atom. The summed E-state index contributed by atoms with van der Waals surface area (Å²) in [5.74, 6) is -0.252. The number of carbonyl (C=O) groups excluding carboxylic acids is 1. The minimum atomic E-state index is -0.837. The molecule has 0 bridgehead atoms.